The summed E-state index contributed by atoms with van der Waals surface area (Å²) in [6.07, 6.45) is 1.28. The molecule has 0 aromatic heterocycles. The molecular weight excluding hydrogens is 160 g/mol. The van der Waals surface area contributed by atoms with Gasteiger partial charge < -0.3 is 15.8 Å². The quantitative estimate of drug-likeness (QED) is 0.608. The highest BCUT2D eigenvalue weighted by atomic mass is 16.5. The Bertz CT molecular complexity index is 201. The van der Waals surface area contributed by atoms with Crippen molar-refractivity contribution in [3.05, 3.63) is 0 Å². The standard InChI is InChI=1S/C7H12N2O3/c1-12-7(11)9-5(6(8)10)4-2-3-4/h4-5H,2-3H2,1H3,(H2,8,10)(H,9,11). The monoisotopic (exact) mass is 172 g/mol. The van der Waals surface area contributed by atoms with Crippen molar-refractivity contribution in [2.24, 2.45) is 11.7 Å². The van der Waals surface area contributed by atoms with Crippen molar-refractivity contribution >= 4 is 12.0 Å². The molecule has 68 valence electrons. The fourth-order valence-electron chi connectivity index (χ4n) is 1.04. The van der Waals surface area contributed by atoms with Crippen LogP contribution in [0.2, 0.25) is 0 Å². The molecule has 1 aliphatic carbocycles. The highest BCUT2D eigenvalue weighted by Gasteiger charge is 2.36. The van der Waals surface area contributed by atoms with Crippen molar-refractivity contribution in [2.75, 3.05) is 7.11 Å². The van der Waals surface area contributed by atoms with Gasteiger partial charge in [0.2, 0.25) is 5.91 Å². The predicted molar refractivity (Wildman–Crippen MR) is 41.2 cm³/mol. The Morgan fingerprint density at radius 3 is 2.50 bits per heavy atom. The first-order valence-electron chi connectivity index (χ1n) is 3.79. The molecule has 2 amide bonds. The molecule has 0 bridgehead atoms. The average molecular weight is 172 g/mol. The SMILES string of the molecule is COC(=O)NC(C(N)=O)C1CC1. The number of rotatable bonds is 3. The van der Waals surface area contributed by atoms with Gasteiger partial charge in [0.1, 0.15) is 6.04 Å². The zero-order valence-corrected chi connectivity index (χ0v) is 6.87. The molecule has 5 nitrogen and oxygen atoms in total. The molecule has 1 atom stereocenters. The van der Waals surface area contributed by atoms with E-state index >= 15 is 0 Å². The van der Waals surface area contributed by atoms with Gasteiger partial charge in [-0.15, -0.1) is 0 Å². The maximum atomic E-state index is 10.8. The van der Waals surface area contributed by atoms with E-state index in [0.717, 1.165) is 12.8 Å². The van der Waals surface area contributed by atoms with E-state index in [-0.39, 0.29) is 5.92 Å². The van der Waals surface area contributed by atoms with Crippen LogP contribution in [0.3, 0.4) is 0 Å². The van der Waals surface area contributed by atoms with Gasteiger partial charge in [-0.05, 0) is 18.8 Å². The number of hydrogen-bond acceptors (Lipinski definition) is 3. The second kappa shape index (κ2) is 3.42. The average Bonchev–Trinajstić information content (AvgIpc) is 2.81. The molecule has 1 saturated carbocycles. The van der Waals surface area contributed by atoms with Crippen LogP contribution in [0.1, 0.15) is 12.8 Å². The molecule has 0 aromatic rings. The number of nitrogens with one attached hydrogen (secondary N) is 1. The van der Waals surface area contributed by atoms with Gasteiger partial charge in [-0.2, -0.15) is 0 Å². The number of alkyl carbamates (subject to hydrolysis) is 1. The van der Waals surface area contributed by atoms with E-state index in [4.69, 9.17) is 5.73 Å². The molecule has 1 aliphatic rings. The summed E-state index contributed by atoms with van der Waals surface area (Å²) in [5, 5.41) is 2.39. The van der Waals surface area contributed by atoms with Crippen LogP contribution in [0.15, 0.2) is 0 Å². The van der Waals surface area contributed by atoms with Crippen molar-refractivity contribution in [2.45, 2.75) is 18.9 Å². The maximum Gasteiger partial charge on any atom is 0.407 e. The minimum Gasteiger partial charge on any atom is -0.453 e. The zero-order chi connectivity index (χ0) is 9.14. The fraction of sp³-hybridized carbons (Fsp3) is 0.714. The van der Waals surface area contributed by atoms with Gasteiger partial charge in [0.05, 0.1) is 7.11 Å². The first-order valence-corrected chi connectivity index (χ1v) is 3.79. The third-order valence-corrected chi connectivity index (χ3v) is 1.86. The number of ether oxygens (including phenoxy) is 1. The van der Waals surface area contributed by atoms with Gasteiger partial charge in [-0.3, -0.25) is 4.79 Å². The van der Waals surface area contributed by atoms with Crippen LogP contribution in [0.5, 0.6) is 0 Å². The molecule has 0 heterocycles. The van der Waals surface area contributed by atoms with Crippen LogP contribution in [0, 0.1) is 5.92 Å². The fourth-order valence-corrected chi connectivity index (χ4v) is 1.04. The molecular formula is C7H12N2O3. The largest absolute Gasteiger partial charge is 0.453 e. The van der Waals surface area contributed by atoms with E-state index in [1.807, 2.05) is 0 Å². The topological polar surface area (TPSA) is 81.4 Å². The Morgan fingerprint density at radius 1 is 1.58 bits per heavy atom. The molecule has 0 spiro atoms. The van der Waals surface area contributed by atoms with E-state index in [1.54, 1.807) is 0 Å². The molecule has 12 heavy (non-hydrogen) atoms. The van der Waals surface area contributed by atoms with E-state index in [2.05, 4.69) is 10.1 Å². The van der Waals surface area contributed by atoms with Gasteiger partial charge in [0.15, 0.2) is 0 Å². The van der Waals surface area contributed by atoms with Crippen LogP contribution < -0.4 is 11.1 Å². The molecule has 1 unspecified atom stereocenters. The first kappa shape index (κ1) is 8.83. The summed E-state index contributed by atoms with van der Waals surface area (Å²) < 4.78 is 4.35. The second-order valence-corrected chi connectivity index (χ2v) is 2.85. The number of amides is 2. The van der Waals surface area contributed by atoms with Crippen LogP contribution in [-0.2, 0) is 9.53 Å². The van der Waals surface area contributed by atoms with Gasteiger partial charge in [0, 0.05) is 0 Å². The Labute approximate surface area is 70.2 Å². The Kier molecular flexibility index (Phi) is 2.52. The third-order valence-electron chi connectivity index (χ3n) is 1.86. The van der Waals surface area contributed by atoms with Crippen molar-refractivity contribution in [3.8, 4) is 0 Å². The lowest BCUT2D eigenvalue weighted by Crippen LogP contribution is -2.45. The molecule has 0 saturated heterocycles. The number of carbonyl (C=O) groups is 2. The number of nitrogens with two attached hydrogens (primary N) is 1. The van der Waals surface area contributed by atoms with Crippen molar-refractivity contribution < 1.29 is 14.3 Å². The molecule has 0 aromatic carbocycles. The van der Waals surface area contributed by atoms with Crippen LogP contribution >= 0.6 is 0 Å². The summed E-state index contributed by atoms with van der Waals surface area (Å²) in [5.41, 5.74) is 5.07. The van der Waals surface area contributed by atoms with Gasteiger partial charge in [0.25, 0.3) is 0 Å². The molecule has 5 heteroatoms. The normalized spacial score (nSPS) is 18.1. The van der Waals surface area contributed by atoms with Gasteiger partial charge >= 0.3 is 6.09 Å². The van der Waals surface area contributed by atoms with E-state index in [9.17, 15) is 9.59 Å². The lowest BCUT2D eigenvalue weighted by atomic mass is 10.2. The smallest absolute Gasteiger partial charge is 0.407 e. The van der Waals surface area contributed by atoms with Crippen LogP contribution in [0.25, 0.3) is 0 Å². The highest BCUT2D eigenvalue weighted by molar-refractivity contribution is 5.84. The lowest BCUT2D eigenvalue weighted by molar-refractivity contribution is -0.120. The summed E-state index contributed by atoms with van der Waals surface area (Å²) in [6, 6.07) is -0.558. The number of carbonyl (C=O) groups excluding carboxylic acids is 2. The summed E-state index contributed by atoms with van der Waals surface area (Å²) in [6.45, 7) is 0. The lowest BCUT2D eigenvalue weighted by Gasteiger charge is -2.12. The van der Waals surface area contributed by atoms with Crippen molar-refractivity contribution in [1.82, 2.24) is 5.32 Å². The Morgan fingerprint density at radius 2 is 2.17 bits per heavy atom. The van der Waals surface area contributed by atoms with E-state index in [1.165, 1.54) is 7.11 Å². The number of hydrogen-bond donors (Lipinski definition) is 2. The molecule has 3 N–H and O–H groups in total. The number of methoxy groups -OCH3 is 1. The number of primary amides is 1. The summed E-state index contributed by atoms with van der Waals surface area (Å²) in [5.74, 6) is -0.288. The van der Waals surface area contributed by atoms with Gasteiger partial charge in [-0.25, -0.2) is 4.79 Å². The summed E-state index contributed by atoms with van der Waals surface area (Å²) >= 11 is 0. The second-order valence-electron chi connectivity index (χ2n) is 2.85. The van der Waals surface area contributed by atoms with Gasteiger partial charge in [-0.1, -0.05) is 0 Å². The molecule has 0 radical (unpaired) electrons. The first-order chi connectivity index (χ1) is 5.65. The maximum absolute atomic E-state index is 10.8. The summed E-state index contributed by atoms with van der Waals surface area (Å²) in [4.78, 5) is 21.5. The van der Waals surface area contributed by atoms with E-state index in [0.29, 0.717) is 0 Å². The van der Waals surface area contributed by atoms with E-state index < -0.39 is 18.0 Å². The minimum absolute atomic E-state index is 0.210. The third kappa shape index (κ3) is 2.11. The van der Waals surface area contributed by atoms with Crippen molar-refractivity contribution in [1.29, 1.82) is 0 Å². The van der Waals surface area contributed by atoms with Crippen molar-refractivity contribution in [3.63, 3.8) is 0 Å². The highest BCUT2D eigenvalue weighted by Crippen LogP contribution is 2.32. The predicted octanol–water partition coefficient (Wildman–Crippen LogP) is -0.394. The Balaban J connectivity index is 2.43. The molecule has 1 fully saturated rings. The summed E-state index contributed by atoms with van der Waals surface area (Å²) in [7, 11) is 1.25. The zero-order valence-electron chi connectivity index (χ0n) is 6.87. The van der Waals surface area contributed by atoms with Crippen LogP contribution in [0.4, 0.5) is 4.79 Å². The molecule has 0 aliphatic heterocycles. The molecule has 1 rings (SSSR count). The van der Waals surface area contributed by atoms with Crippen LogP contribution in [-0.4, -0.2) is 25.2 Å². The Hall–Kier alpha value is -1.26. The minimum atomic E-state index is -0.606.